The molecule has 0 aliphatic rings. The molecule has 0 fully saturated rings. The van der Waals surface area contributed by atoms with Crippen LogP contribution in [0.3, 0.4) is 0 Å². The zero-order valence-electron chi connectivity index (χ0n) is 11.4. The molecule has 1 aromatic carbocycles. The molecular formula is C14H19F2NO2. The number of carbonyl (C=O) groups is 1. The number of aliphatic carboxylic acids is 1. The van der Waals surface area contributed by atoms with Crippen LogP contribution in [-0.4, -0.2) is 29.1 Å². The lowest BCUT2D eigenvalue weighted by Gasteiger charge is -2.40. The molecule has 1 unspecified atom stereocenters. The minimum absolute atomic E-state index is 0.0820. The number of carboxylic acid groups (broad SMARTS) is 1. The lowest BCUT2D eigenvalue weighted by Crippen LogP contribution is -2.46. The lowest BCUT2D eigenvalue weighted by molar-refractivity contribution is -0.140. The monoisotopic (exact) mass is 271 g/mol. The van der Waals surface area contributed by atoms with Gasteiger partial charge in [-0.25, -0.2) is 8.78 Å². The molecule has 1 atom stereocenters. The number of carboxylic acids is 1. The highest BCUT2D eigenvalue weighted by Gasteiger charge is 2.37. The summed E-state index contributed by atoms with van der Waals surface area (Å²) in [6.45, 7) is 6.46. The van der Waals surface area contributed by atoms with Gasteiger partial charge in [-0.15, -0.1) is 0 Å². The number of benzene rings is 1. The van der Waals surface area contributed by atoms with Crippen LogP contribution in [0.5, 0.6) is 0 Å². The summed E-state index contributed by atoms with van der Waals surface area (Å²) in [5, 5.41) is 9.07. The van der Waals surface area contributed by atoms with E-state index in [1.165, 1.54) is 12.1 Å². The van der Waals surface area contributed by atoms with Gasteiger partial charge in [0.1, 0.15) is 0 Å². The van der Waals surface area contributed by atoms with E-state index in [4.69, 9.17) is 5.11 Å². The Hall–Kier alpha value is -1.49. The first-order valence-electron chi connectivity index (χ1n) is 6.28. The molecule has 0 aromatic heterocycles. The highest BCUT2D eigenvalue weighted by Crippen LogP contribution is 2.34. The first-order valence-corrected chi connectivity index (χ1v) is 6.28. The van der Waals surface area contributed by atoms with Crippen molar-refractivity contribution in [2.45, 2.75) is 32.7 Å². The first kappa shape index (κ1) is 15.6. The molecule has 1 rings (SSSR count). The summed E-state index contributed by atoms with van der Waals surface area (Å²) < 4.78 is 27.4. The Morgan fingerprint density at radius 3 is 2.37 bits per heavy atom. The minimum Gasteiger partial charge on any atom is -0.481 e. The maximum Gasteiger partial charge on any atom is 0.305 e. The second-order valence-electron chi connectivity index (χ2n) is 4.62. The Morgan fingerprint density at radius 2 is 1.89 bits per heavy atom. The number of hydrogen-bond acceptors (Lipinski definition) is 2. The largest absolute Gasteiger partial charge is 0.481 e. The van der Waals surface area contributed by atoms with Crippen LogP contribution >= 0.6 is 0 Å². The van der Waals surface area contributed by atoms with E-state index in [-0.39, 0.29) is 12.0 Å². The van der Waals surface area contributed by atoms with Crippen LogP contribution in [0.15, 0.2) is 18.2 Å². The summed E-state index contributed by atoms with van der Waals surface area (Å²) in [7, 11) is 0. The fourth-order valence-electron chi connectivity index (χ4n) is 2.51. The molecule has 0 aliphatic heterocycles. The molecule has 0 spiro atoms. The standard InChI is InChI=1S/C14H19F2NO2/c1-4-17(5-2)14(3,9-12(18)19)10-7-6-8-11(15)13(10)16/h6-8H,4-5,9H2,1-3H3,(H,18,19). The zero-order chi connectivity index (χ0) is 14.6. The second-order valence-corrected chi connectivity index (χ2v) is 4.62. The molecule has 1 aromatic rings. The van der Waals surface area contributed by atoms with Crippen LogP contribution in [0.1, 0.15) is 32.8 Å². The van der Waals surface area contributed by atoms with Crippen molar-refractivity contribution in [1.82, 2.24) is 4.90 Å². The van der Waals surface area contributed by atoms with Gasteiger partial charge in [-0.2, -0.15) is 0 Å². The van der Waals surface area contributed by atoms with Crippen molar-refractivity contribution >= 4 is 5.97 Å². The van der Waals surface area contributed by atoms with E-state index in [1.807, 2.05) is 18.7 Å². The summed E-state index contributed by atoms with van der Waals surface area (Å²) >= 11 is 0. The Kier molecular flexibility index (Phi) is 5.00. The van der Waals surface area contributed by atoms with Crippen LogP contribution in [0.2, 0.25) is 0 Å². The zero-order valence-corrected chi connectivity index (χ0v) is 11.4. The Balaban J connectivity index is 3.38. The fourth-order valence-corrected chi connectivity index (χ4v) is 2.51. The summed E-state index contributed by atoms with van der Waals surface area (Å²) in [6.07, 6.45) is -0.283. The predicted molar refractivity (Wildman–Crippen MR) is 68.9 cm³/mol. The van der Waals surface area contributed by atoms with Gasteiger partial charge in [0.25, 0.3) is 0 Å². The van der Waals surface area contributed by atoms with Crippen molar-refractivity contribution in [3.05, 3.63) is 35.4 Å². The van der Waals surface area contributed by atoms with Gasteiger partial charge in [-0.3, -0.25) is 9.69 Å². The number of rotatable bonds is 6. The lowest BCUT2D eigenvalue weighted by atomic mass is 9.86. The molecule has 3 nitrogen and oxygen atoms in total. The molecule has 19 heavy (non-hydrogen) atoms. The number of hydrogen-bond donors (Lipinski definition) is 1. The van der Waals surface area contributed by atoms with Gasteiger partial charge in [-0.1, -0.05) is 26.0 Å². The third kappa shape index (κ3) is 3.10. The van der Waals surface area contributed by atoms with E-state index in [9.17, 15) is 13.6 Å². The Bertz CT molecular complexity index is 461. The summed E-state index contributed by atoms with van der Waals surface area (Å²) in [6, 6.07) is 3.87. The minimum atomic E-state index is -1.07. The van der Waals surface area contributed by atoms with E-state index >= 15 is 0 Å². The van der Waals surface area contributed by atoms with Crippen LogP contribution in [0, 0.1) is 11.6 Å². The smallest absolute Gasteiger partial charge is 0.305 e. The average Bonchev–Trinajstić information content (AvgIpc) is 2.33. The van der Waals surface area contributed by atoms with E-state index < -0.39 is 23.1 Å². The van der Waals surface area contributed by atoms with Gasteiger partial charge >= 0.3 is 5.97 Å². The van der Waals surface area contributed by atoms with E-state index in [2.05, 4.69) is 0 Å². The van der Waals surface area contributed by atoms with Crippen LogP contribution in [0.4, 0.5) is 8.78 Å². The van der Waals surface area contributed by atoms with E-state index in [0.29, 0.717) is 13.1 Å². The summed E-state index contributed by atoms with van der Waals surface area (Å²) in [4.78, 5) is 12.9. The number of nitrogens with zero attached hydrogens (tertiary/aromatic N) is 1. The van der Waals surface area contributed by atoms with E-state index in [0.717, 1.165) is 6.07 Å². The molecular weight excluding hydrogens is 252 g/mol. The van der Waals surface area contributed by atoms with Gasteiger partial charge in [0, 0.05) is 5.56 Å². The summed E-state index contributed by atoms with van der Waals surface area (Å²) in [5.41, 5.74) is -0.986. The van der Waals surface area contributed by atoms with Crippen molar-refractivity contribution < 1.29 is 18.7 Å². The quantitative estimate of drug-likeness (QED) is 0.864. The van der Waals surface area contributed by atoms with Crippen LogP contribution in [-0.2, 0) is 10.3 Å². The van der Waals surface area contributed by atoms with Gasteiger partial charge in [0.2, 0.25) is 0 Å². The third-order valence-electron chi connectivity index (χ3n) is 3.49. The highest BCUT2D eigenvalue weighted by molar-refractivity contribution is 5.69. The van der Waals surface area contributed by atoms with Gasteiger partial charge in [-0.05, 0) is 26.1 Å². The van der Waals surface area contributed by atoms with Crippen LogP contribution < -0.4 is 0 Å². The van der Waals surface area contributed by atoms with Crippen LogP contribution in [0.25, 0.3) is 0 Å². The Labute approximate surface area is 111 Å². The SMILES string of the molecule is CCN(CC)C(C)(CC(=O)O)c1cccc(F)c1F. The maximum absolute atomic E-state index is 14.0. The molecule has 0 aliphatic carbocycles. The topological polar surface area (TPSA) is 40.5 Å². The first-order chi connectivity index (χ1) is 8.86. The second kappa shape index (κ2) is 6.10. The van der Waals surface area contributed by atoms with E-state index in [1.54, 1.807) is 6.92 Å². The van der Waals surface area contributed by atoms with Crippen molar-refractivity contribution in [2.75, 3.05) is 13.1 Å². The molecule has 0 saturated heterocycles. The molecule has 0 heterocycles. The van der Waals surface area contributed by atoms with Crippen molar-refractivity contribution in [3.8, 4) is 0 Å². The number of halogens is 2. The van der Waals surface area contributed by atoms with Gasteiger partial charge < -0.3 is 5.11 Å². The fraction of sp³-hybridized carbons (Fsp3) is 0.500. The molecule has 0 bridgehead atoms. The van der Waals surface area contributed by atoms with Crippen molar-refractivity contribution in [1.29, 1.82) is 0 Å². The molecule has 0 radical (unpaired) electrons. The van der Waals surface area contributed by atoms with Crippen molar-refractivity contribution in [3.63, 3.8) is 0 Å². The highest BCUT2D eigenvalue weighted by atomic mass is 19.2. The van der Waals surface area contributed by atoms with Gasteiger partial charge in [0.15, 0.2) is 11.6 Å². The molecule has 0 saturated carbocycles. The van der Waals surface area contributed by atoms with Gasteiger partial charge in [0.05, 0.1) is 12.0 Å². The average molecular weight is 271 g/mol. The normalized spacial score (nSPS) is 14.4. The van der Waals surface area contributed by atoms with Crippen molar-refractivity contribution in [2.24, 2.45) is 0 Å². The molecule has 5 heteroatoms. The molecule has 106 valence electrons. The maximum atomic E-state index is 14.0. The Morgan fingerprint density at radius 1 is 1.32 bits per heavy atom. The predicted octanol–water partition coefficient (Wildman–Crippen LogP) is 3.00. The molecule has 1 N–H and O–H groups in total. The summed E-state index contributed by atoms with van der Waals surface area (Å²) in [5.74, 6) is -2.97. The third-order valence-corrected chi connectivity index (χ3v) is 3.49. The molecule has 0 amide bonds.